The van der Waals surface area contributed by atoms with E-state index in [0.717, 1.165) is 0 Å². The molecule has 2 aliphatic rings. The Balaban J connectivity index is 0.00000353. The normalized spacial score (nSPS) is 16.4. The minimum atomic E-state index is -5.07. The number of benzene rings is 2. The fraction of sp³-hybridized carbons (Fsp3) is 0.333. The minimum absolute atomic E-state index is 0. The van der Waals surface area contributed by atoms with Crippen molar-refractivity contribution in [1.82, 2.24) is 0 Å². The first-order valence-corrected chi connectivity index (χ1v) is 16.2. The molecule has 0 saturated carbocycles. The molecule has 15 heteroatoms. The van der Waals surface area contributed by atoms with Gasteiger partial charge in [-0.15, -0.1) is 0 Å². The molecule has 45 heavy (non-hydrogen) atoms. The van der Waals surface area contributed by atoms with Gasteiger partial charge in [-0.1, -0.05) is 0 Å². The van der Waals surface area contributed by atoms with Crippen molar-refractivity contribution >= 4 is 11.1 Å². The van der Waals surface area contributed by atoms with Crippen LogP contribution in [0.15, 0.2) is 65.3 Å². The zero-order valence-electron chi connectivity index (χ0n) is 23.7. The van der Waals surface area contributed by atoms with Gasteiger partial charge in [0.25, 0.3) is 0 Å². The number of alkyl halides is 12. The van der Waals surface area contributed by atoms with Gasteiger partial charge >= 0.3 is 251 Å². The summed E-state index contributed by atoms with van der Waals surface area (Å²) in [6.45, 7) is 6.53. The summed E-state index contributed by atoms with van der Waals surface area (Å²) in [6, 6.07) is 2.67. The van der Waals surface area contributed by atoms with Crippen LogP contribution < -0.4 is 24.8 Å². The van der Waals surface area contributed by atoms with E-state index >= 15 is 0 Å². The molecule has 0 amide bonds. The smallest absolute Gasteiger partial charge is 1.00 e. The zero-order chi connectivity index (χ0) is 32.4. The number of hydrogen-bond acceptors (Lipinski definition) is 0. The number of hydrogen-bond donors (Lipinski definition) is 0. The minimum Gasteiger partial charge on any atom is -1.00 e. The van der Waals surface area contributed by atoms with Crippen molar-refractivity contribution in [3.8, 4) is 0 Å². The number of rotatable bonds is 4. The van der Waals surface area contributed by atoms with E-state index in [1.807, 2.05) is 0 Å². The van der Waals surface area contributed by atoms with Crippen molar-refractivity contribution in [2.24, 2.45) is 0 Å². The van der Waals surface area contributed by atoms with Gasteiger partial charge in [0.1, 0.15) is 0 Å². The van der Waals surface area contributed by atoms with Crippen LogP contribution in [-0.4, -0.2) is 0 Å². The molecular formula is C30H22Cl2F12Hf. The molecule has 0 saturated heterocycles. The van der Waals surface area contributed by atoms with Gasteiger partial charge in [-0.3, -0.25) is 0 Å². The summed E-state index contributed by atoms with van der Waals surface area (Å²) < 4.78 is 165. The quantitative estimate of drug-likeness (QED) is 0.284. The molecule has 244 valence electrons. The largest absolute Gasteiger partial charge is 1.00 e. The fourth-order valence-corrected chi connectivity index (χ4v) is 12.4. The van der Waals surface area contributed by atoms with Crippen LogP contribution in [0, 0.1) is 0 Å². The summed E-state index contributed by atoms with van der Waals surface area (Å²) >= 11 is -2.46. The van der Waals surface area contributed by atoms with Crippen LogP contribution in [0.1, 0.15) is 73.9 Å². The second-order valence-electron chi connectivity index (χ2n) is 10.6. The molecule has 0 N–H and O–H groups in total. The van der Waals surface area contributed by atoms with Gasteiger partial charge in [0.15, 0.2) is 0 Å². The second kappa shape index (κ2) is 13.3. The van der Waals surface area contributed by atoms with Gasteiger partial charge in [-0.05, 0) is 0 Å². The molecule has 2 aromatic carbocycles. The van der Waals surface area contributed by atoms with Crippen molar-refractivity contribution in [1.29, 1.82) is 0 Å². The van der Waals surface area contributed by atoms with E-state index < -0.39 is 69.9 Å². The maximum Gasteiger partial charge on any atom is -1.00 e. The first kappa shape index (κ1) is 39.2. The van der Waals surface area contributed by atoms with E-state index in [1.165, 1.54) is 0 Å². The van der Waals surface area contributed by atoms with Crippen molar-refractivity contribution in [2.45, 2.75) is 65.2 Å². The van der Waals surface area contributed by atoms with Crippen molar-refractivity contribution < 1.29 is 100 Å². The van der Waals surface area contributed by atoms with E-state index in [2.05, 4.69) is 0 Å². The van der Waals surface area contributed by atoms with Crippen LogP contribution in [0.2, 0.25) is 0 Å². The predicted molar refractivity (Wildman–Crippen MR) is 133 cm³/mol. The van der Waals surface area contributed by atoms with Crippen LogP contribution in [0.4, 0.5) is 52.7 Å². The summed E-state index contributed by atoms with van der Waals surface area (Å²) in [5, 5.41) is 0. The Bertz CT molecular complexity index is 1430. The molecule has 0 heterocycles. The molecule has 0 unspecified atom stereocenters. The van der Waals surface area contributed by atoms with Crippen molar-refractivity contribution in [3.63, 3.8) is 0 Å². The molecule has 0 atom stereocenters. The SMILES string of the molecule is CC1=C(C)C(c2cc(C(F)(F)F)cc(C(F)(F)F)c2)=[C]([Hf+2][C]2=C(c3cc(C(F)(F)F)cc(C(F)(F)F)c3)C(C)=C(C)C2)C1.[Cl-].[Cl-]. The van der Waals surface area contributed by atoms with Crippen LogP contribution in [0.5, 0.6) is 0 Å². The average Bonchev–Trinajstić information content (AvgIpc) is 3.29. The molecular weight excluding hydrogens is 838 g/mol. The molecule has 0 radical (unpaired) electrons. The van der Waals surface area contributed by atoms with Gasteiger partial charge < -0.3 is 24.8 Å². The zero-order valence-corrected chi connectivity index (χ0v) is 28.8. The molecule has 0 spiro atoms. The molecule has 0 nitrogen and oxygen atoms in total. The number of allylic oxidation sites excluding steroid dienone is 8. The number of halogens is 14. The predicted octanol–water partition coefficient (Wildman–Crippen LogP) is 5.45. The Hall–Kier alpha value is -1.99. The third-order valence-corrected chi connectivity index (χ3v) is 12.8. The summed E-state index contributed by atoms with van der Waals surface area (Å²) in [5.41, 5.74) is -3.60. The van der Waals surface area contributed by atoms with Gasteiger partial charge in [0, 0.05) is 0 Å². The summed E-state index contributed by atoms with van der Waals surface area (Å²) in [7, 11) is 0. The molecule has 0 aromatic heterocycles. The standard InChI is InChI=1S/2C15H11F6.2ClH.Hf/c2*1-8-3-4-13(9(8)2)10-5-11(14(16,17)18)7-12(6-10)15(19,20)21;;;/h2*5-7H,3H2,1-2H3;2*1H;/q;;;;+2/p-2. The van der Waals surface area contributed by atoms with Gasteiger partial charge in [0.05, 0.1) is 0 Å². The second-order valence-corrected chi connectivity index (χ2v) is 15.8. The molecule has 0 fully saturated rings. The van der Waals surface area contributed by atoms with Gasteiger partial charge in [-0.2, -0.15) is 0 Å². The Labute approximate surface area is 274 Å². The van der Waals surface area contributed by atoms with Crippen LogP contribution >= 0.6 is 0 Å². The maximum absolute atomic E-state index is 13.6. The Morgan fingerprint density at radius 2 is 0.689 bits per heavy atom. The first-order valence-electron chi connectivity index (χ1n) is 12.6. The van der Waals surface area contributed by atoms with E-state index in [9.17, 15) is 52.7 Å². The third kappa shape index (κ3) is 8.30. The maximum atomic E-state index is 13.6. The molecule has 2 aliphatic carbocycles. The van der Waals surface area contributed by atoms with Crippen molar-refractivity contribution in [3.05, 3.63) is 98.7 Å². The monoisotopic (exact) mass is 860 g/mol. The van der Waals surface area contributed by atoms with Crippen molar-refractivity contribution in [2.75, 3.05) is 0 Å². The summed E-state index contributed by atoms with van der Waals surface area (Å²) in [5.74, 6) is 0. The average molecular weight is 860 g/mol. The van der Waals surface area contributed by atoms with Crippen LogP contribution in [0.3, 0.4) is 0 Å². The Kier molecular flexibility index (Phi) is 11.5. The Morgan fingerprint density at radius 1 is 0.444 bits per heavy atom. The van der Waals surface area contributed by atoms with E-state index in [1.54, 1.807) is 27.7 Å². The molecule has 0 bridgehead atoms. The van der Waals surface area contributed by atoms with E-state index in [-0.39, 0.29) is 72.1 Å². The third-order valence-electron chi connectivity index (χ3n) is 7.57. The molecule has 4 rings (SSSR count). The fourth-order valence-electron chi connectivity index (χ4n) is 5.23. The molecule has 0 aliphatic heterocycles. The molecule has 2 aromatic rings. The first-order chi connectivity index (χ1) is 19.5. The summed E-state index contributed by atoms with van der Waals surface area (Å²) in [6.07, 6.45) is -19.8. The van der Waals surface area contributed by atoms with Gasteiger partial charge in [0.2, 0.25) is 0 Å². The topological polar surface area (TPSA) is 0 Å². The Morgan fingerprint density at radius 3 is 0.911 bits per heavy atom. The van der Waals surface area contributed by atoms with Gasteiger partial charge in [-0.25, -0.2) is 0 Å². The van der Waals surface area contributed by atoms with Crippen LogP contribution in [-0.2, 0) is 47.6 Å². The van der Waals surface area contributed by atoms with E-state index in [4.69, 9.17) is 0 Å². The summed E-state index contributed by atoms with van der Waals surface area (Å²) in [4.78, 5) is 0. The van der Waals surface area contributed by atoms with Crippen LogP contribution in [0.25, 0.3) is 11.1 Å². The van der Waals surface area contributed by atoms with E-state index in [0.29, 0.717) is 53.2 Å².